The highest BCUT2D eigenvalue weighted by Crippen LogP contribution is 2.49. The van der Waals surface area contributed by atoms with Crippen LogP contribution >= 0.6 is 11.8 Å². The topological polar surface area (TPSA) is 49.6 Å². The van der Waals surface area contributed by atoms with E-state index in [1.807, 2.05) is 47.9 Å². The third kappa shape index (κ3) is 6.27. The first-order chi connectivity index (χ1) is 16.4. The first kappa shape index (κ1) is 26.4. The van der Waals surface area contributed by atoms with Gasteiger partial charge in [0.2, 0.25) is 5.91 Å². The van der Waals surface area contributed by atoms with E-state index in [0.29, 0.717) is 31.1 Å². The smallest absolute Gasteiger partial charge is 0.343 e. The van der Waals surface area contributed by atoms with E-state index in [0.717, 1.165) is 60.3 Å². The number of likely N-dealkylation sites (tertiary alicyclic amines) is 1. The molecule has 2 heterocycles. The molecule has 1 fully saturated rings. The zero-order valence-corrected chi connectivity index (χ0v) is 20.7. The first-order valence-electron chi connectivity index (χ1n) is 12.1. The van der Waals surface area contributed by atoms with Gasteiger partial charge in [0, 0.05) is 42.4 Å². The number of piperidine rings is 1. The fourth-order valence-electron chi connectivity index (χ4n) is 4.54. The Kier molecular flexibility index (Phi) is 9.31. The number of alkyl halides is 3. The Morgan fingerprint density at radius 1 is 1.06 bits per heavy atom. The van der Waals surface area contributed by atoms with Crippen molar-refractivity contribution in [3.05, 3.63) is 48.0 Å². The number of amides is 1. The van der Waals surface area contributed by atoms with E-state index >= 15 is 0 Å². The molecule has 2 aromatic rings. The van der Waals surface area contributed by atoms with Gasteiger partial charge >= 0.3 is 6.18 Å². The maximum absolute atomic E-state index is 13.4. The number of halogens is 3. The minimum Gasteiger partial charge on any atom is -0.343 e. The Hall–Kier alpha value is -2.19. The number of nitrogens with two attached hydrogens (primary N) is 1. The second-order valence-electron chi connectivity index (χ2n) is 8.41. The van der Waals surface area contributed by atoms with Gasteiger partial charge in [0.25, 0.3) is 0 Å². The Morgan fingerprint density at radius 2 is 1.74 bits per heavy atom. The number of fused-ring (bicyclic) bond motifs is 2. The van der Waals surface area contributed by atoms with E-state index in [4.69, 9.17) is 5.73 Å². The van der Waals surface area contributed by atoms with E-state index in [9.17, 15) is 18.0 Å². The molecule has 4 rings (SSSR count). The maximum atomic E-state index is 13.4. The number of rotatable bonds is 6. The molecule has 0 aliphatic carbocycles. The van der Waals surface area contributed by atoms with Crippen LogP contribution in [0, 0.1) is 5.92 Å². The van der Waals surface area contributed by atoms with E-state index in [1.54, 1.807) is 6.07 Å². The lowest BCUT2D eigenvalue weighted by molar-refractivity contribution is -0.137. The molecule has 2 aromatic carbocycles. The van der Waals surface area contributed by atoms with Crippen LogP contribution in [0.15, 0.2) is 52.3 Å². The van der Waals surface area contributed by atoms with E-state index in [1.165, 1.54) is 17.8 Å². The summed E-state index contributed by atoms with van der Waals surface area (Å²) in [7, 11) is 0. The lowest BCUT2D eigenvalue weighted by Crippen LogP contribution is -2.39. The molecule has 0 saturated carbocycles. The number of nitrogens with zero attached hydrogens (tertiary/aromatic N) is 2. The van der Waals surface area contributed by atoms with Gasteiger partial charge in [-0.25, -0.2) is 0 Å². The molecule has 0 unspecified atom stereocenters. The molecule has 0 aromatic heterocycles. The van der Waals surface area contributed by atoms with Gasteiger partial charge in [0.15, 0.2) is 0 Å². The minimum absolute atomic E-state index is 0.130. The van der Waals surface area contributed by atoms with Gasteiger partial charge in [-0.3, -0.25) is 4.79 Å². The summed E-state index contributed by atoms with van der Waals surface area (Å²) in [5.41, 5.74) is 6.46. The monoisotopic (exact) mass is 493 g/mol. The van der Waals surface area contributed by atoms with E-state index in [-0.39, 0.29) is 5.91 Å². The maximum Gasteiger partial charge on any atom is 0.416 e. The van der Waals surface area contributed by atoms with Crippen molar-refractivity contribution in [2.75, 3.05) is 31.1 Å². The summed E-state index contributed by atoms with van der Waals surface area (Å²) in [6.07, 6.45) is -0.141. The van der Waals surface area contributed by atoms with Crippen molar-refractivity contribution >= 4 is 29.0 Å². The number of carbonyl (C=O) groups excluding carboxylic acids is 1. The summed E-state index contributed by atoms with van der Waals surface area (Å²) >= 11 is 1.52. The third-order valence-electron chi connectivity index (χ3n) is 6.27. The Balaban J connectivity index is 0.00000158. The van der Waals surface area contributed by atoms with Crippen molar-refractivity contribution in [1.82, 2.24) is 4.90 Å². The van der Waals surface area contributed by atoms with Crippen LogP contribution in [-0.4, -0.2) is 37.0 Å². The van der Waals surface area contributed by atoms with Gasteiger partial charge in [0.1, 0.15) is 0 Å². The van der Waals surface area contributed by atoms with Crippen LogP contribution in [0.2, 0.25) is 0 Å². The molecule has 34 heavy (non-hydrogen) atoms. The SMILES string of the molecule is CC.NCCC(=O)N1CCC(CCCN2c3ccccc3Sc3ccc(C(F)(F)F)cc32)CC1. The minimum atomic E-state index is -4.36. The first-order valence-corrected chi connectivity index (χ1v) is 12.9. The van der Waals surface area contributed by atoms with Crippen molar-refractivity contribution in [2.24, 2.45) is 11.7 Å². The van der Waals surface area contributed by atoms with Gasteiger partial charge in [-0.1, -0.05) is 37.7 Å². The van der Waals surface area contributed by atoms with Crippen LogP contribution in [0.1, 0.15) is 51.5 Å². The highest BCUT2D eigenvalue weighted by atomic mass is 32.2. The van der Waals surface area contributed by atoms with Crippen LogP contribution in [-0.2, 0) is 11.0 Å². The Labute approximate surface area is 204 Å². The van der Waals surface area contributed by atoms with Crippen LogP contribution < -0.4 is 10.6 Å². The normalized spacial score (nSPS) is 15.8. The van der Waals surface area contributed by atoms with Crippen molar-refractivity contribution < 1.29 is 18.0 Å². The van der Waals surface area contributed by atoms with Crippen LogP contribution in [0.4, 0.5) is 24.5 Å². The Bertz CT molecular complexity index is 959. The van der Waals surface area contributed by atoms with Gasteiger partial charge in [-0.15, -0.1) is 0 Å². The van der Waals surface area contributed by atoms with Crippen molar-refractivity contribution in [1.29, 1.82) is 0 Å². The predicted octanol–water partition coefficient (Wildman–Crippen LogP) is 6.70. The highest BCUT2D eigenvalue weighted by Gasteiger charge is 2.33. The van der Waals surface area contributed by atoms with Crippen LogP contribution in [0.3, 0.4) is 0 Å². The predicted molar refractivity (Wildman–Crippen MR) is 133 cm³/mol. The summed E-state index contributed by atoms with van der Waals surface area (Å²) < 4.78 is 40.1. The molecule has 186 valence electrons. The van der Waals surface area contributed by atoms with Gasteiger partial charge in [0.05, 0.1) is 16.9 Å². The van der Waals surface area contributed by atoms with E-state index < -0.39 is 11.7 Å². The summed E-state index contributed by atoms with van der Waals surface area (Å²) in [5.74, 6) is 0.665. The van der Waals surface area contributed by atoms with Gasteiger partial charge in [-0.2, -0.15) is 13.2 Å². The number of benzene rings is 2. The molecule has 2 N–H and O–H groups in total. The van der Waals surface area contributed by atoms with Crippen molar-refractivity contribution in [3.63, 3.8) is 0 Å². The molecule has 0 bridgehead atoms. The highest BCUT2D eigenvalue weighted by molar-refractivity contribution is 7.99. The zero-order valence-electron chi connectivity index (χ0n) is 19.9. The average molecular weight is 494 g/mol. The Morgan fingerprint density at radius 3 is 2.41 bits per heavy atom. The summed E-state index contributed by atoms with van der Waals surface area (Å²) in [6.45, 7) is 6.58. The molecule has 1 saturated heterocycles. The molecule has 4 nitrogen and oxygen atoms in total. The molecule has 8 heteroatoms. The third-order valence-corrected chi connectivity index (χ3v) is 7.40. The summed E-state index contributed by atoms with van der Waals surface area (Å²) in [4.78, 5) is 17.9. The van der Waals surface area contributed by atoms with Crippen molar-refractivity contribution in [3.8, 4) is 0 Å². The lowest BCUT2D eigenvalue weighted by Gasteiger charge is -2.35. The van der Waals surface area contributed by atoms with Gasteiger partial charge in [-0.05, 0) is 61.9 Å². The van der Waals surface area contributed by atoms with Gasteiger partial charge < -0.3 is 15.5 Å². The average Bonchev–Trinajstić information content (AvgIpc) is 2.84. The molecular weight excluding hydrogens is 459 g/mol. The molecular formula is C26H34F3N3OS. The fourth-order valence-corrected chi connectivity index (χ4v) is 5.61. The molecule has 0 spiro atoms. The standard InChI is InChI=1S/C24H28F3N3OS.C2H6/c25-24(26,27)18-7-8-22-20(16-18)30(19-5-1-2-6-21(19)32-22)13-3-4-17-10-14-29(15-11-17)23(31)9-12-28;1-2/h1-2,5-8,16-17H,3-4,9-15,28H2;1-2H3. The molecule has 0 atom stereocenters. The molecule has 1 amide bonds. The second-order valence-corrected chi connectivity index (χ2v) is 9.49. The quantitative estimate of drug-likeness (QED) is 0.486. The zero-order chi connectivity index (χ0) is 24.7. The number of anilines is 2. The number of carbonyl (C=O) groups is 1. The summed E-state index contributed by atoms with van der Waals surface area (Å²) in [5, 5.41) is 0. The fraction of sp³-hybridized carbons (Fsp3) is 0.500. The van der Waals surface area contributed by atoms with Crippen LogP contribution in [0.5, 0.6) is 0 Å². The molecule has 0 radical (unpaired) electrons. The molecule has 2 aliphatic heterocycles. The number of para-hydroxylation sites is 1. The number of hydrogen-bond donors (Lipinski definition) is 1. The van der Waals surface area contributed by atoms with Crippen molar-refractivity contribution in [2.45, 2.75) is 61.9 Å². The van der Waals surface area contributed by atoms with E-state index in [2.05, 4.69) is 0 Å². The van der Waals surface area contributed by atoms with Crippen LogP contribution in [0.25, 0.3) is 0 Å². The molecule has 2 aliphatic rings. The number of hydrogen-bond acceptors (Lipinski definition) is 4. The summed E-state index contributed by atoms with van der Waals surface area (Å²) in [6, 6.07) is 11.9. The second kappa shape index (κ2) is 12.0. The lowest BCUT2D eigenvalue weighted by atomic mass is 9.92. The largest absolute Gasteiger partial charge is 0.416 e.